The number of aromatic nitrogens is 1. The van der Waals surface area contributed by atoms with Gasteiger partial charge in [-0.25, -0.2) is 0 Å². The summed E-state index contributed by atoms with van der Waals surface area (Å²) in [4.78, 5) is 4.16. The molecule has 0 aromatic carbocycles. The average Bonchev–Trinajstić information content (AvgIpc) is 2.46. The van der Waals surface area contributed by atoms with Gasteiger partial charge in [-0.05, 0) is 61.5 Å². The molecule has 1 unspecified atom stereocenters. The Hall–Kier alpha value is -1.13. The van der Waals surface area contributed by atoms with E-state index in [0.717, 1.165) is 29.5 Å². The molecule has 1 aromatic heterocycles. The maximum absolute atomic E-state index is 6.01. The van der Waals surface area contributed by atoms with Crippen LogP contribution < -0.4 is 17.0 Å². The van der Waals surface area contributed by atoms with E-state index in [4.69, 9.17) is 11.6 Å². The number of nitrogens with zero attached hydrogens (tertiary/aromatic N) is 1. The van der Waals surface area contributed by atoms with E-state index in [2.05, 4.69) is 24.3 Å². The molecule has 0 aliphatic heterocycles. The summed E-state index contributed by atoms with van der Waals surface area (Å²) in [5.74, 6) is 8.12. The molecule has 1 fully saturated rings. The van der Waals surface area contributed by atoms with Crippen LogP contribution in [0.4, 0.5) is 5.69 Å². The van der Waals surface area contributed by atoms with E-state index >= 15 is 0 Å². The van der Waals surface area contributed by atoms with Gasteiger partial charge in [0.1, 0.15) is 0 Å². The Balaban J connectivity index is 1.95. The first-order valence-electron chi connectivity index (χ1n) is 7.76. The third-order valence-electron chi connectivity index (χ3n) is 4.92. The van der Waals surface area contributed by atoms with Crippen LogP contribution >= 0.6 is 0 Å². The summed E-state index contributed by atoms with van der Waals surface area (Å²) in [5, 5.41) is 0. The van der Waals surface area contributed by atoms with Crippen LogP contribution in [0.25, 0.3) is 0 Å². The number of nitrogens with two attached hydrogens (primary N) is 2. The van der Waals surface area contributed by atoms with Crippen LogP contribution in [0.5, 0.6) is 0 Å². The fourth-order valence-corrected chi connectivity index (χ4v) is 3.42. The Morgan fingerprint density at radius 2 is 1.90 bits per heavy atom. The molecular formula is C16H28N4. The van der Waals surface area contributed by atoms with Crippen LogP contribution in [0.15, 0.2) is 18.5 Å². The van der Waals surface area contributed by atoms with Crippen molar-refractivity contribution in [1.82, 2.24) is 10.4 Å². The van der Waals surface area contributed by atoms with Crippen LogP contribution in [-0.2, 0) is 6.42 Å². The minimum atomic E-state index is 0.301. The Morgan fingerprint density at radius 3 is 2.45 bits per heavy atom. The molecule has 0 bridgehead atoms. The molecule has 2 rings (SSSR count). The zero-order valence-electron chi connectivity index (χ0n) is 12.7. The average molecular weight is 276 g/mol. The number of nitrogens with one attached hydrogen (secondary N) is 1. The summed E-state index contributed by atoms with van der Waals surface area (Å²) in [7, 11) is 0. The maximum atomic E-state index is 6.01. The highest BCUT2D eigenvalue weighted by molar-refractivity contribution is 5.44. The first kappa shape index (κ1) is 15.3. The normalized spacial score (nSPS) is 24.8. The van der Waals surface area contributed by atoms with E-state index in [1.54, 1.807) is 6.20 Å². The van der Waals surface area contributed by atoms with Crippen molar-refractivity contribution in [3.8, 4) is 0 Å². The first-order chi connectivity index (χ1) is 9.61. The fraction of sp³-hybridized carbons (Fsp3) is 0.688. The van der Waals surface area contributed by atoms with E-state index in [1.165, 1.54) is 25.7 Å². The quantitative estimate of drug-likeness (QED) is 0.570. The molecular weight excluding hydrogens is 248 g/mol. The minimum Gasteiger partial charge on any atom is -0.398 e. The number of hydrogen-bond donors (Lipinski definition) is 3. The zero-order chi connectivity index (χ0) is 14.5. The largest absolute Gasteiger partial charge is 0.398 e. The van der Waals surface area contributed by atoms with Gasteiger partial charge in [0.25, 0.3) is 0 Å². The monoisotopic (exact) mass is 276 g/mol. The molecule has 1 aliphatic rings. The van der Waals surface area contributed by atoms with E-state index in [0.29, 0.717) is 12.0 Å². The number of nitrogen functional groups attached to an aromatic ring is 1. The second-order valence-electron chi connectivity index (χ2n) is 6.47. The maximum Gasteiger partial charge on any atom is 0.0378 e. The number of hydrazine groups is 1. The van der Waals surface area contributed by atoms with Gasteiger partial charge >= 0.3 is 0 Å². The lowest BCUT2D eigenvalue weighted by molar-refractivity contribution is 0.188. The standard InChI is InChI=1S/C16H28N4/c1-11(2)12-3-5-13(6-4-12)16(20-18)9-14-10-19-8-7-15(14)17/h7-8,10-13,16,20H,3-6,9,18H2,1-2H3,(H2,17,19). The van der Waals surface area contributed by atoms with Crippen molar-refractivity contribution in [3.05, 3.63) is 24.0 Å². The summed E-state index contributed by atoms with van der Waals surface area (Å²) in [6.07, 6.45) is 9.63. The van der Waals surface area contributed by atoms with E-state index in [-0.39, 0.29) is 0 Å². The van der Waals surface area contributed by atoms with Crippen molar-refractivity contribution in [1.29, 1.82) is 0 Å². The molecule has 4 nitrogen and oxygen atoms in total. The molecule has 0 spiro atoms. The van der Waals surface area contributed by atoms with Crippen molar-refractivity contribution >= 4 is 5.69 Å². The number of hydrogen-bond acceptors (Lipinski definition) is 4. The number of anilines is 1. The SMILES string of the molecule is CC(C)C1CCC(C(Cc2cnccc2N)NN)CC1. The highest BCUT2D eigenvalue weighted by Crippen LogP contribution is 2.35. The Bertz CT molecular complexity index is 411. The van der Waals surface area contributed by atoms with Crippen LogP contribution in [0, 0.1) is 17.8 Å². The van der Waals surface area contributed by atoms with Gasteiger partial charge in [0.15, 0.2) is 0 Å². The molecule has 1 aromatic rings. The molecule has 0 amide bonds. The summed E-state index contributed by atoms with van der Waals surface area (Å²) in [5.41, 5.74) is 10.9. The zero-order valence-corrected chi connectivity index (χ0v) is 12.7. The number of pyridine rings is 1. The van der Waals surface area contributed by atoms with Crippen molar-refractivity contribution in [2.45, 2.75) is 52.0 Å². The van der Waals surface area contributed by atoms with Gasteiger partial charge in [0.05, 0.1) is 0 Å². The molecule has 0 saturated heterocycles. The summed E-state index contributed by atoms with van der Waals surface area (Å²) in [6, 6.07) is 2.16. The van der Waals surface area contributed by atoms with Crippen molar-refractivity contribution in [3.63, 3.8) is 0 Å². The first-order valence-corrected chi connectivity index (χ1v) is 7.76. The molecule has 112 valence electrons. The highest BCUT2D eigenvalue weighted by Gasteiger charge is 2.28. The van der Waals surface area contributed by atoms with E-state index in [1.807, 2.05) is 12.3 Å². The third-order valence-corrected chi connectivity index (χ3v) is 4.92. The lowest BCUT2D eigenvalue weighted by Crippen LogP contribution is -2.44. The third kappa shape index (κ3) is 3.70. The highest BCUT2D eigenvalue weighted by atomic mass is 15.2. The van der Waals surface area contributed by atoms with Gasteiger partial charge in [-0.15, -0.1) is 0 Å². The lowest BCUT2D eigenvalue weighted by Gasteiger charge is -2.35. The van der Waals surface area contributed by atoms with Gasteiger partial charge in [-0.2, -0.15) is 0 Å². The van der Waals surface area contributed by atoms with Crippen molar-refractivity contribution < 1.29 is 0 Å². The lowest BCUT2D eigenvalue weighted by atomic mass is 9.74. The topological polar surface area (TPSA) is 77.0 Å². The Morgan fingerprint density at radius 1 is 1.25 bits per heavy atom. The smallest absolute Gasteiger partial charge is 0.0378 e. The van der Waals surface area contributed by atoms with E-state index in [9.17, 15) is 0 Å². The predicted molar refractivity (Wildman–Crippen MR) is 83.8 cm³/mol. The minimum absolute atomic E-state index is 0.301. The van der Waals surface area contributed by atoms with Crippen LogP contribution in [0.2, 0.25) is 0 Å². The Kier molecular flexibility index (Phi) is 5.38. The molecule has 20 heavy (non-hydrogen) atoms. The van der Waals surface area contributed by atoms with Crippen molar-refractivity contribution in [2.24, 2.45) is 23.6 Å². The summed E-state index contributed by atoms with van der Waals surface area (Å²) in [6.45, 7) is 4.67. The Labute approximate surface area is 122 Å². The second-order valence-corrected chi connectivity index (χ2v) is 6.47. The van der Waals surface area contributed by atoms with Crippen LogP contribution in [0.1, 0.15) is 45.1 Å². The molecule has 1 heterocycles. The van der Waals surface area contributed by atoms with Gasteiger partial charge in [-0.1, -0.05) is 13.8 Å². The molecule has 0 radical (unpaired) electrons. The van der Waals surface area contributed by atoms with Gasteiger partial charge < -0.3 is 5.73 Å². The molecule has 1 saturated carbocycles. The summed E-state index contributed by atoms with van der Waals surface area (Å²) >= 11 is 0. The molecule has 4 heteroatoms. The molecule has 1 aliphatic carbocycles. The van der Waals surface area contributed by atoms with Gasteiger partial charge in [0.2, 0.25) is 0 Å². The van der Waals surface area contributed by atoms with Crippen LogP contribution in [0.3, 0.4) is 0 Å². The van der Waals surface area contributed by atoms with Crippen LogP contribution in [-0.4, -0.2) is 11.0 Å². The second kappa shape index (κ2) is 7.04. The van der Waals surface area contributed by atoms with Gasteiger partial charge in [0, 0.05) is 24.1 Å². The van der Waals surface area contributed by atoms with Crippen molar-refractivity contribution in [2.75, 3.05) is 5.73 Å². The predicted octanol–water partition coefficient (Wildman–Crippen LogP) is 2.50. The van der Waals surface area contributed by atoms with E-state index < -0.39 is 0 Å². The summed E-state index contributed by atoms with van der Waals surface area (Å²) < 4.78 is 0. The number of rotatable bonds is 5. The molecule has 5 N–H and O–H groups in total. The van der Waals surface area contributed by atoms with Gasteiger partial charge in [-0.3, -0.25) is 16.3 Å². The molecule has 1 atom stereocenters. The fourth-order valence-electron chi connectivity index (χ4n) is 3.42.